The van der Waals surface area contributed by atoms with E-state index in [0.717, 1.165) is 6.54 Å². The molecule has 3 atom stereocenters. The Hall–Kier alpha value is -0.130. The minimum absolute atomic E-state index is 0.0321. The van der Waals surface area contributed by atoms with Crippen molar-refractivity contribution < 1.29 is 0 Å². The number of nitrogens with one attached hydrogen (secondary N) is 1. The first kappa shape index (κ1) is 16.9. The average Bonchev–Trinajstić information content (AvgIpc) is 2.34. The van der Waals surface area contributed by atoms with Crippen molar-refractivity contribution in [3.63, 3.8) is 0 Å². The first-order chi connectivity index (χ1) is 7.93. The lowest BCUT2D eigenvalue weighted by Crippen LogP contribution is -2.27. The summed E-state index contributed by atoms with van der Waals surface area (Å²) in [6.07, 6.45) is 8.12. The maximum atomic E-state index is 3.20. The summed E-state index contributed by atoms with van der Waals surface area (Å²) < 4.78 is 0. The number of hydrogen-bond donors (Lipinski definition) is 1. The molecular formula is C15H30NP. The van der Waals surface area contributed by atoms with Crippen molar-refractivity contribution in [3.8, 4) is 0 Å². The normalized spacial score (nSPS) is 20.3. The molecule has 0 aliphatic heterocycles. The molecule has 0 aliphatic rings. The van der Waals surface area contributed by atoms with Crippen molar-refractivity contribution in [3.05, 3.63) is 23.8 Å². The van der Waals surface area contributed by atoms with Gasteiger partial charge in [0.25, 0.3) is 0 Å². The van der Waals surface area contributed by atoms with E-state index < -0.39 is 0 Å². The summed E-state index contributed by atoms with van der Waals surface area (Å²) in [7, 11) is 1.97. The third kappa shape index (κ3) is 4.56. The van der Waals surface area contributed by atoms with Gasteiger partial charge in [-0.25, -0.2) is 0 Å². The molecule has 0 fully saturated rings. The zero-order chi connectivity index (χ0) is 13.5. The molecule has 0 aromatic heterocycles. The van der Waals surface area contributed by atoms with Crippen molar-refractivity contribution in [2.24, 2.45) is 0 Å². The van der Waals surface area contributed by atoms with Gasteiger partial charge in [0, 0.05) is 11.7 Å². The highest BCUT2D eigenvalue weighted by Crippen LogP contribution is 2.56. The van der Waals surface area contributed by atoms with E-state index in [9.17, 15) is 0 Å². The standard InChI is InChI=1S/C15H30NP/c1-8-10-14(4)17(7)15(5,9-2)13(3)11-12-16-6/h8,10-11,14,16H,9,12H2,1-7H3/b10-8-,13-11-. The quantitative estimate of drug-likeness (QED) is 0.525. The van der Waals surface area contributed by atoms with Gasteiger partial charge in [-0.3, -0.25) is 0 Å². The summed E-state index contributed by atoms with van der Waals surface area (Å²) in [5, 5.41) is 3.57. The summed E-state index contributed by atoms with van der Waals surface area (Å²) in [5.41, 5.74) is 2.23. The largest absolute Gasteiger partial charge is 0.316 e. The number of hydrogen-bond acceptors (Lipinski definition) is 1. The summed E-state index contributed by atoms with van der Waals surface area (Å²) in [5.74, 6) is 0. The fourth-order valence-corrected chi connectivity index (χ4v) is 4.61. The van der Waals surface area contributed by atoms with Crippen molar-refractivity contribution in [1.29, 1.82) is 0 Å². The molecule has 0 amide bonds. The lowest BCUT2D eigenvalue weighted by Gasteiger charge is -2.39. The van der Waals surface area contributed by atoms with Crippen LogP contribution in [-0.4, -0.2) is 31.1 Å². The Morgan fingerprint density at radius 3 is 2.47 bits per heavy atom. The molecule has 0 bridgehead atoms. The van der Waals surface area contributed by atoms with Gasteiger partial charge < -0.3 is 5.32 Å². The Kier molecular flexibility index (Phi) is 8.00. The zero-order valence-corrected chi connectivity index (χ0v) is 13.6. The molecule has 100 valence electrons. The van der Waals surface area contributed by atoms with Crippen LogP contribution in [0.25, 0.3) is 0 Å². The first-order valence-corrected chi connectivity index (χ1v) is 8.47. The van der Waals surface area contributed by atoms with E-state index in [1.54, 1.807) is 5.57 Å². The molecule has 17 heavy (non-hydrogen) atoms. The molecule has 0 radical (unpaired) electrons. The molecular weight excluding hydrogens is 225 g/mol. The highest BCUT2D eigenvalue weighted by atomic mass is 31.1. The maximum Gasteiger partial charge on any atom is 0.0134 e. The molecule has 0 aliphatic carbocycles. The molecule has 0 saturated carbocycles. The molecule has 3 unspecified atom stereocenters. The molecule has 2 heteroatoms. The van der Waals surface area contributed by atoms with Gasteiger partial charge in [0.2, 0.25) is 0 Å². The van der Waals surface area contributed by atoms with Gasteiger partial charge >= 0.3 is 0 Å². The van der Waals surface area contributed by atoms with Gasteiger partial charge in [-0.15, -0.1) is 0 Å². The van der Waals surface area contributed by atoms with Crippen molar-refractivity contribution in [2.75, 3.05) is 20.3 Å². The topological polar surface area (TPSA) is 12.0 Å². The molecule has 0 aromatic carbocycles. The third-order valence-corrected chi connectivity index (χ3v) is 7.63. The second-order valence-corrected chi connectivity index (χ2v) is 7.97. The van der Waals surface area contributed by atoms with Gasteiger partial charge in [0.05, 0.1) is 0 Å². The molecule has 0 spiro atoms. The van der Waals surface area contributed by atoms with Crippen LogP contribution < -0.4 is 5.32 Å². The summed E-state index contributed by atoms with van der Waals surface area (Å²) in [6.45, 7) is 14.9. The Morgan fingerprint density at radius 2 is 2.06 bits per heavy atom. The number of allylic oxidation sites excluding steroid dienone is 3. The molecule has 0 rings (SSSR count). The lowest BCUT2D eigenvalue weighted by molar-refractivity contribution is 0.688. The van der Waals surface area contributed by atoms with E-state index in [4.69, 9.17) is 0 Å². The van der Waals surface area contributed by atoms with E-state index in [-0.39, 0.29) is 7.92 Å². The lowest BCUT2D eigenvalue weighted by atomic mass is 9.98. The predicted octanol–water partition coefficient (Wildman–Crippen LogP) is 4.40. The fraction of sp³-hybridized carbons (Fsp3) is 0.733. The molecule has 1 N–H and O–H groups in total. The van der Waals surface area contributed by atoms with Crippen molar-refractivity contribution in [2.45, 2.75) is 51.9 Å². The first-order valence-electron chi connectivity index (χ1n) is 6.61. The second-order valence-electron chi connectivity index (χ2n) is 4.95. The van der Waals surface area contributed by atoms with Crippen LogP contribution in [0.5, 0.6) is 0 Å². The van der Waals surface area contributed by atoms with E-state index in [1.165, 1.54) is 6.42 Å². The molecule has 1 nitrogen and oxygen atoms in total. The molecule has 0 aromatic rings. The van der Waals surface area contributed by atoms with Gasteiger partial charge in [0.15, 0.2) is 0 Å². The Bertz CT molecular complexity index is 270. The van der Waals surface area contributed by atoms with Crippen LogP contribution in [0.15, 0.2) is 23.8 Å². The van der Waals surface area contributed by atoms with Gasteiger partial charge in [-0.2, -0.15) is 0 Å². The minimum atomic E-state index is -0.0321. The zero-order valence-electron chi connectivity index (χ0n) is 12.7. The Labute approximate surface area is 110 Å². The van der Waals surface area contributed by atoms with E-state index in [1.807, 2.05) is 7.05 Å². The third-order valence-electron chi connectivity index (χ3n) is 4.01. The highest BCUT2D eigenvalue weighted by molar-refractivity contribution is 7.59. The van der Waals surface area contributed by atoms with Crippen LogP contribution in [0.4, 0.5) is 0 Å². The maximum absolute atomic E-state index is 3.20. The Morgan fingerprint density at radius 1 is 1.47 bits per heavy atom. The summed E-state index contributed by atoms with van der Waals surface area (Å²) in [4.78, 5) is 0. The van der Waals surface area contributed by atoms with Crippen LogP contribution in [0, 0.1) is 0 Å². The van der Waals surface area contributed by atoms with Crippen molar-refractivity contribution >= 4 is 7.92 Å². The SMILES string of the molecule is C/C=C\C(C)P(C)C(C)(CC)/C(C)=C\CNC. The van der Waals surface area contributed by atoms with E-state index >= 15 is 0 Å². The van der Waals surface area contributed by atoms with Crippen LogP contribution in [0.1, 0.15) is 41.0 Å². The summed E-state index contributed by atoms with van der Waals surface area (Å²) >= 11 is 0. The van der Waals surface area contributed by atoms with Gasteiger partial charge in [-0.1, -0.05) is 52.5 Å². The Balaban J connectivity index is 4.99. The second kappa shape index (κ2) is 8.06. The van der Waals surface area contributed by atoms with Gasteiger partial charge in [0.1, 0.15) is 0 Å². The smallest absolute Gasteiger partial charge is 0.0134 e. The predicted molar refractivity (Wildman–Crippen MR) is 83.5 cm³/mol. The van der Waals surface area contributed by atoms with Crippen LogP contribution in [-0.2, 0) is 0 Å². The summed E-state index contributed by atoms with van der Waals surface area (Å²) in [6, 6.07) is 0. The van der Waals surface area contributed by atoms with Crippen molar-refractivity contribution in [1.82, 2.24) is 5.32 Å². The minimum Gasteiger partial charge on any atom is -0.316 e. The van der Waals surface area contributed by atoms with Crippen LogP contribution in [0.3, 0.4) is 0 Å². The van der Waals surface area contributed by atoms with E-state index in [0.29, 0.717) is 10.8 Å². The molecule has 0 heterocycles. The highest BCUT2D eigenvalue weighted by Gasteiger charge is 2.32. The van der Waals surface area contributed by atoms with Crippen LogP contribution in [0.2, 0.25) is 0 Å². The fourth-order valence-electron chi connectivity index (χ4n) is 2.14. The monoisotopic (exact) mass is 255 g/mol. The number of likely N-dealkylation sites (N-methyl/N-ethyl adjacent to an activating group) is 1. The van der Waals surface area contributed by atoms with Crippen LogP contribution >= 0.6 is 7.92 Å². The molecule has 0 saturated heterocycles. The van der Waals surface area contributed by atoms with Gasteiger partial charge in [-0.05, 0) is 39.6 Å². The average molecular weight is 255 g/mol. The number of rotatable bonds is 7. The van der Waals surface area contributed by atoms with E-state index in [2.05, 4.69) is 64.8 Å².